The molecule has 20 heavy (non-hydrogen) atoms. The van der Waals surface area contributed by atoms with Crippen LogP contribution < -0.4 is 0 Å². The van der Waals surface area contributed by atoms with Gasteiger partial charge in [-0.2, -0.15) is 0 Å². The van der Waals surface area contributed by atoms with Gasteiger partial charge >= 0.3 is 0 Å². The molecule has 0 fully saturated rings. The molecule has 0 atom stereocenters. The predicted octanol–water partition coefficient (Wildman–Crippen LogP) is 4.07. The number of carbonyl (C=O) groups excluding carboxylic acids is 1. The molecular formula is C17H18N2O. The zero-order valence-electron chi connectivity index (χ0n) is 12.0. The molecule has 0 aliphatic carbocycles. The highest BCUT2D eigenvalue weighted by Gasteiger charge is 2.14. The number of hydrogen-bond donors (Lipinski definition) is 0. The first-order valence-electron chi connectivity index (χ1n) is 6.62. The number of rotatable bonds is 4. The number of ketones is 1. The molecule has 2 aromatic heterocycles. The maximum Gasteiger partial charge on any atom is 0.176 e. The van der Waals surface area contributed by atoms with Crippen molar-refractivity contribution in [2.24, 2.45) is 0 Å². The maximum absolute atomic E-state index is 11.7. The molecule has 0 aromatic carbocycles. The Morgan fingerprint density at radius 3 is 2.75 bits per heavy atom. The van der Waals surface area contributed by atoms with Gasteiger partial charge in [0.2, 0.25) is 0 Å². The fourth-order valence-corrected chi connectivity index (χ4v) is 2.13. The smallest absolute Gasteiger partial charge is 0.176 e. The standard InChI is InChI=1S/C17H18N2O/c1-4-6-7-9-14(5-2)15-12-16(13(3)20)19-11-8-10-18-17(15)19/h4-12H,1-3H3/b6-4-,9-7-,14-5+. The second-order valence-corrected chi connectivity index (χ2v) is 4.44. The molecule has 3 heteroatoms. The monoisotopic (exact) mass is 266 g/mol. The van der Waals surface area contributed by atoms with Crippen LogP contribution in [0.5, 0.6) is 0 Å². The van der Waals surface area contributed by atoms with E-state index in [1.807, 2.05) is 67.0 Å². The average Bonchev–Trinajstić information content (AvgIpc) is 2.84. The number of aromatic nitrogens is 2. The van der Waals surface area contributed by atoms with E-state index < -0.39 is 0 Å². The number of fused-ring (bicyclic) bond motifs is 1. The molecule has 0 saturated heterocycles. The summed E-state index contributed by atoms with van der Waals surface area (Å²) in [7, 11) is 0. The number of Topliss-reactive ketones (excluding diaryl/α,β-unsaturated/α-hetero) is 1. The molecule has 2 rings (SSSR count). The first kappa shape index (κ1) is 14.0. The van der Waals surface area contributed by atoms with Crippen LogP contribution in [-0.2, 0) is 0 Å². The van der Waals surface area contributed by atoms with E-state index in [1.165, 1.54) is 0 Å². The van der Waals surface area contributed by atoms with Crippen molar-refractivity contribution in [1.82, 2.24) is 9.38 Å². The van der Waals surface area contributed by atoms with E-state index in [1.54, 1.807) is 13.1 Å². The third-order valence-electron chi connectivity index (χ3n) is 3.09. The van der Waals surface area contributed by atoms with Crippen LogP contribution in [0, 0.1) is 0 Å². The third-order valence-corrected chi connectivity index (χ3v) is 3.09. The Morgan fingerprint density at radius 1 is 1.30 bits per heavy atom. The Morgan fingerprint density at radius 2 is 2.10 bits per heavy atom. The summed E-state index contributed by atoms with van der Waals surface area (Å²) in [5.74, 6) is 0.0344. The van der Waals surface area contributed by atoms with Crippen molar-refractivity contribution >= 4 is 17.0 Å². The van der Waals surface area contributed by atoms with Gasteiger partial charge in [-0.05, 0) is 31.6 Å². The topological polar surface area (TPSA) is 34.4 Å². The van der Waals surface area contributed by atoms with Crippen molar-refractivity contribution in [3.05, 3.63) is 66.2 Å². The largest absolute Gasteiger partial charge is 0.298 e. The summed E-state index contributed by atoms with van der Waals surface area (Å²) in [6.45, 7) is 5.53. The fourth-order valence-electron chi connectivity index (χ4n) is 2.13. The molecule has 0 bridgehead atoms. The average molecular weight is 266 g/mol. The van der Waals surface area contributed by atoms with E-state index in [4.69, 9.17) is 0 Å². The SMILES string of the molecule is C\C=C/C=C\C(=C/C)c1cc(C(C)=O)n2cccnc12. The number of hydrogen-bond acceptors (Lipinski definition) is 2. The second kappa shape index (κ2) is 6.15. The van der Waals surface area contributed by atoms with Gasteiger partial charge in [0.15, 0.2) is 5.78 Å². The molecule has 0 unspecified atom stereocenters. The molecule has 2 aromatic rings. The van der Waals surface area contributed by atoms with Crippen LogP contribution >= 0.6 is 0 Å². The summed E-state index contributed by atoms with van der Waals surface area (Å²) < 4.78 is 1.84. The van der Waals surface area contributed by atoms with Crippen molar-refractivity contribution in [3.8, 4) is 0 Å². The lowest BCUT2D eigenvalue weighted by Gasteiger charge is -2.00. The van der Waals surface area contributed by atoms with E-state index >= 15 is 0 Å². The number of allylic oxidation sites excluding steroid dienone is 6. The molecule has 0 N–H and O–H groups in total. The Kier molecular flexibility index (Phi) is 4.31. The normalized spacial score (nSPS) is 12.8. The number of carbonyl (C=O) groups is 1. The highest BCUT2D eigenvalue weighted by atomic mass is 16.1. The summed E-state index contributed by atoms with van der Waals surface area (Å²) in [5.41, 5.74) is 3.48. The zero-order chi connectivity index (χ0) is 14.5. The Bertz CT molecular complexity index is 718. The molecule has 0 aliphatic rings. The molecule has 2 heterocycles. The molecule has 0 aliphatic heterocycles. The summed E-state index contributed by atoms with van der Waals surface area (Å²) in [4.78, 5) is 16.1. The Balaban J connectivity index is 2.62. The molecule has 0 spiro atoms. The van der Waals surface area contributed by atoms with Crippen molar-refractivity contribution in [2.45, 2.75) is 20.8 Å². The van der Waals surface area contributed by atoms with Crippen molar-refractivity contribution < 1.29 is 4.79 Å². The minimum Gasteiger partial charge on any atom is -0.298 e. The third kappa shape index (κ3) is 2.62. The van der Waals surface area contributed by atoms with E-state index in [0.717, 1.165) is 16.8 Å². The first-order chi connectivity index (χ1) is 9.69. The zero-order valence-corrected chi connectivity index (χ0v) is 12.0. The van der Waals surface area contributed by atoms with E-state index in [0.29, 0.717) is 5.69 Å². The first-order valence-corrected chi connectivity index (χ1v) is 6.62. The van der Waals surface area contributed by atoms with Gasteiger partial charge in [0.1, 0.15) is 5.65 Å². The molecule has 3 nitrogen and oxygen atoms in total. The summed E-state index contributed by atoms with van der Waals surface area (Å²) in [6, 6.07) is 3.73. The summed E-state index contributed by atoms with van der Waals surface area (Å²) >= 11 is 0. The molecular weight excluding hydrogens is 248 g/mol. The lowest BCUT2D eigenvalue weighted by Crippen LogP contribution is -1.98. The van der Waals surface area contributed by atoms with E-state index in [-0.39, 0.29) is 5.78 Å². The predicted molar refractivity (Wildman–Crippen MR) is 82.8 cm³/mol. The minimum absolute atomic E-state index is 0.0344. The van der Waals surface area contributed by atoms with Crippen LogP contribution in [0.15, 0.2) is 54.9 Å². The van der Waals surface area contributed by atoms with Gasteiger partial charge in [0.25, 0.3) is 0 Å². The highest BCUT2D eigenvalue weighted by molar-refractivity contribution is 5.97. The second-order valence-electron chi connectivity index (χ2n) is 4.44. The molecule has 0 saturated carbocycles. The minimum atomic E-state index is 0.0344. The van der Waals surface area contributed by atoms with Gasteiger partial charge < -0.3 is 0 Å². The van der Waals surface area contributed by atoms with Gasteiger partial charge in [-0.1, -0.05) is 30.4 Å². The summed E-state index contributed by atoms with van der Waals surface area (Å²) in [6.07, 6.45) is 13.6. The van der Waals surface area contributed by atoms with Crippen LogP contribution in [-0.4, -0.2) is 15.2 Å². The Hall–Kier alpha value is -2.42. The van der Waals surface area contributed by atoms with Crippen molar-refractivity contribution in [3.63, 3.8) is 0 Å². The van der Waals surface area contributed by atoms with Crippen LogP contribution in [0.2, 0.25) is 0 Å². The van der Waals surface area contributed by atoms with Gasteiger partial charge in [-0.25, -0.2) is 4.98 Å². The lowest BCUT2D eigenvalue weighted by atomic mass is 10.1. The van der Waals surface area contributed by atoms with Crippen LogP contribution in [0.1, 0.15) is 36.8 Å². The van der Waals surface area contributed by atoms with E-state index in [2.05, 4.69) is 4.98 Å². The number of nitrogens with zero attached hydrogens (tertiary/aromatic N) is 2. The van der Waals surface area contributed by atoms with Gasteiger partial charge in [-0.3, -0.25) is 9.20 Å². The lowest BCUT2D eigenvalue weighted by molar-refractivity contribution is 0.101. The van der Waals surface area contributed by atoms with Gasteiger partial charge in [-0.15, -0.1) is 0 Å². The van der Waals surface area contributed by atoms with Crippen LogP contribution in [0.4, 0.5) is 0 Å². The quantitative estimate of drug-likeness (QED) is 0.617. The maximum atomic E-state index is 11.7. The Labute approximate surface area is 119 Å². The van der Waals surface area contributed by atoms with Gasteiger partial charge in [0, 0.05) is 24.9 Å². The molecule has 102 valence electrons. The molecule has 0 radical (unpaired) electrons. The van der Waals surface area contributed by atoms with Gasteiger partial charge in [0.05, 0.1) is 5.69 Å². The van der Waals surface area contributed by atoms with Crippen molar-refractivity contribution in [1.29, 1.82) is 0 Å². The highest BCUT2D eigenvalue weighted by Crippen LogP contribution is 2.24. The van der Waals surface area contributed by atoms with E-state index in [9.17, 15) is 4.79 Å². The molecule has 0 amide bonds. The van der Waals surface area contributed by atoms with Crippen LogP contribution in [0.3, 0.4) is 0 Å². The van der Waals surface area contributed by atoms with Crippen LogP contribution in [0.25, 0.3) is 11.2 Å². The van der Waals surface area contributed by atoms with Crippen molar-refractivity contribution in [2.75, 3.05) is 0 Å². The fraction of sp³-hybridized carbons (Fsp3) is 0.176. The summed E-state index contributed by atoms with van der Waals surface area (Å²) in [5, 5.41) is 0.